The third-order valence-corrected chi connectivity index (χ3v) is 3.78. The Balaban J connectivity index is 3.59. The first-order chi connectivity index (χ1) is 7.22. The van der Waals surface area contributed by atoms with Crippen LogP contribution in [0.25, 0.3) is 0 Å². The average molecular weight is 232 g/mol. The smallest absolute Gasteiger partial charge is 0.316 e. The fraction of sp³-hybridized carbons (Fsp3) is 0.917. The van der Waals surface area contributed by atoms with Crippen molar-refractivity contribution >= 4 is 17.7 Å². The summed E-state index contributed by atoms with van der Waals surface area (Å²) < 4.78 is 0. The number of hydrogen-bond acceptors (Lipinski definition) is 2. The molecule has 15 heavy (non-hydrogen) atoms. The number of carbonyl (C=O) groups is 1. The third kappa shape index (κ3) is 8.79. The van der Waals surface area contributed by atoms with Crippen LogP contribution in [-0.2, 0) is 4.79 Å². The largest absolute Gasteiger partial charge is 0.480 e. The van der Waals surface area contributed by atoms with Gasteiger partial charge in [0.25, 0.3) is 0 Å². The molecule has 0 aromatic rings. The maximum absolute atomic E-state index is 10.9. The molecule has 90 valence electrons. The molecule has 2 nitrogen and oxygen atoms in total. The number of aliphatic carboxylic acids is 1. The van der Waals surface area contributed by atoms with Crippen molar-refractivity contribution in [1.29, 1.82) is 0 Å². The normalized spacial score (nSPS) is 12.7. The number of rotatable bonds is 10. The Kier molecular flexibility index (Phi) is 10.2. The van der Waals surface area contributed by atoms with Gasteiger partial charge >= 0.3 is 5.97 Å². The molecule has 1 atom stereocenters. The number of hydrogen-bond donors (Lipinski definition) is 1. The van der Waals surface area contributed by atoms with E-state index in [1.165, 1.54) is 19.3 Å². The number of carboxylic acids is 1. The van der Waals surface area contributed by atoms with E-state index in [0.29, 0.717) is 0 Å². The predicted octanol–water partition coefficient (Wildman–Crippen LogP) is 3.94. The van der Waals surface area contributed by atoms with Crippen molar-refractivity contribution in [2.45, 2.75) is 64.0 Å². The van der Waals surface area contributed by atoms with Gasteiger partial charge in [0, 0.05) is 0 Å². The summed E-state index contributed by atoms with van der Waals surface area (Å²) in [5.41, 5.74) is 0. The van der Waals surface area contributed by atoms with Gasteiger partial charge in [0.2, 0.25) is 0 Å². The van der Waals surface area contributed by atoms with E-state index in [2.05, 4.69) is 13.8 Å². The van der Waals surface area contributed by atoms with Gasteiger partial charge in [-0.05, 0) is 18.6 Å². The molecule has 0 rings (SSSR count). The van der Waals surface area contributed by atoms with Crippen LogP contribution in [0.1, 0.15) is 58.8 Å². The molecule has 0 aliphatic heterocycles. The van der Waals surface area contributed by atoms with Crippen molar-refractivity contribution in [3.05, 3.63) is 0 Å². The van der Waals surface area contributed by atoms with Crippen molar-refractivity contribution in [2.75, 3.05) is 5.75 Å². The minimum atomic E-state index is -0.632. The lowest BCUT2D eigenvalue weighted by Crippen LogP contribution is -2.16. The summed E-state index contributed by atoms with van der Waals surface area (Å²) in [5.74, 6) is 0.355. The van der Waals surface area contributed by atoms with E-state index in [0.717, 1.165) is 31.4 Å². The maximum Gasteiger partial charge on any atom is 0.316 e. The van der Waals surface area contributed by atoms with Crippen LogP contribution in [0.15, 0.2) is 0 Å². The van der Waals surface area contributed by atoms with Gasteiger partial charge in [0.1, 0.15) is 5.25 Å². The van der Waals surface area contributed by atoms with Crippen LogP contribution in [0.5, 0.6) is 0 Å². The highest BCUT2D eigenvalue weighted by molar-refractivity contribution is 8.00. The Morgan fingerprint density at radius 2 is 1.80 bits per heavy atom. The minimum absolute atomic E-state index is 0.173. The van der Waals surface area contributed by atoms with E-state index in [1.807, 2.05) is 0 Å². The van der Waals surface area contributed by atoms with Gasteiger partial charge < -0.3 is 5.11 Å². The lowest BCUT2D eigenvalue weighted by molar-refractivity contribution is -0.136. The molecule has 0 aliphatic carbocycles. The van der Waals surface area contributed by atoms with Gasteiger partial charge in [-0.3, -0.25) is 4.79 Å². The molecule has 1 unspecified atom stereocenters. The molecule has 0 aromatic heterocycles. The summed E-state index contributed by atoms with van der Waals surface area (Å²) in [4.78, 5) is 10.9. The van der Waals surface area contributed by atoms with Crippen LogP contribution in [0.2, 0.25) is 0 Å². The quantitative estimate of drug-likeness (QED) is 0.580. The predicted molar refractivity (Wildman–Crippen MR) is 67.5 cm³/mol. The monoisotopic (exact) mass is 232 g/mol. The van der Waals surface area contributed by atoms with E-state index < -0.39 is 5.97 Å². The van der Waals surface area contributed by atoms with Crippen LogP contribution in [0.4, 0.5) is 0 Å². The first kappa shape index (κ1) is 14.8. The summed E-state index contributed by atoms with van der Waals surface area (Å²) in [6, 6.07) is 0. The molecule has 0 spiro atoms. The van der Waals surface area contributed by atoms with E-state index in [-0.39, 0.29) is 5.25 Å². The van der Waals surface area contributed by atoms with Crippen LogP contribution >= 0.6 is 11.8 Å². The second kappa shape index (κ2) is 10.3. The van der Waals surface area contributed by atoms with E-state index >= 15 is 0 Å². The first-order valence-electron chi connectivity index (χ1n) is 6.06. The Morgan fingerprint density at radius 1 is 1.13 bits per heavy atom. The molecule has 3 heteroatoms. The summed E-state index contributed by atoms with van der Waals surface area (Å²) >= 11 is 1.61. The zero-order valence-corrected chi connectivity index (χ0v) is 10.8. The van der Waals surface area contributed by atoms with Gasteiger partial charge in [-0.1, -0.05) is 46.0 Å². The third-order valence-electron chi connectivity index (χ3n) is 2.41. The van der Waals surface area contributed by atoms with Crippen molar-refractivity contribution in [2.24, 2.45) is 0 Å². The van der Waals surface area contributed by atoms with Crippen LogP contribution in [0.3, 0.4) is 0 Å². The zero-order chi connectivity index (χ0) is 11.5. The molecule has 0 heterocycles. The molecule has 0 aliphatic rings. The zero-order valence-electron chi connectivity index (χ0n) is 10.00. The molecule has 0 saturated heterocycles. The highest BCUT2D eigenvalue weighted by Crippen LogP contribution is 2.19. The molecule has 0 bridgehead atoms. The van der Waals surface area contributed by atoms with Crippen molar-refractivity contribution in [1.82, 2.24) is 0 Å². The number of carboxylic acid groups (broad SMARTS) is 1. The molecule has 1 N–H and O–H groups in total. The van der Waals surface area contributed by atoms with Gasteiger partial charge in [0.05, 0.1) is 0 Å². The SMILES string of the molecule is CCCCCCC(SCCCC)C(=O)O. The minimum Gasteiger partial charge on any atom is -0.480 e. The highest BCUT2D eigenvalue weighted by Gasteiger charge is 2.16. The fourth-order valence-electron chi connectivity index (χ4n) is 1.40. The first-order valence-corrected chi connectivity index (χ1v) is 7.11. The molecular weight excluding hydrogens is 208 g/mol. The summed E-state index contributed by atoms with van der Waals surface area (Å²) in [6.45, 7) is 4.31. The lowest BCUT2D eigenvalue weighted by atomic mass is 10.1. The second-order valence-corrected chi connectivity index (χ2v) is 5.21. The standard InChI is InChI=1S/C12H24O2S/c1-3-5-7-8-9-11(12(13)14)15-10-6-4-2/h11H,3-10H2,1-2H3,(H,13,14). The average Bonchev–Trinajstić information content (AvgIpc) is 2.21. The van der Waals surface area contributed by atoms with Crippen molar-refractivity contribution < 1.29 is 9.90 Å². The van der Waals surface area contributed by atoms with Crippen molar-refractivity contribution in [3.63, 3.8) is 0 Å². The number of unbranched alkanes of at least 4 members (excludes halogenated alkanes) is 4. The molecule has 0 saturated carbocycles. The molecular formula is C12H24O2S. The van der Waals surface area contributed by atoms with Gasteiger partial charge in [-0.25, -0.2) is 0 Å². The highest BCUT2D eigenvalue weighted by atomic mass is 32.2. The summed E-state index contributed by atoms with van der Waals surface area (Å²) in [7, 11) is 0. The number of thioether (sulfide) groups is 1. The second-order valence-electron chi connectivity index (χ2n) is 3.90. The van der Waals surface area contributed by atoms with E-state index in [4.69, 9.17) is 5.11 Å². The maximum atomic E-state index is 10.9. The topological polar surface area (TPSA) is 37.3 Å². The fourth-order valence-corrected chi connectivity index (χ4v) is 2.62. The Bertz CT molecular complexity index is 160. The molecule has 0 aromatic carbocycles. The van der Waals surface area contributed by atoms with Crippen molar-refractivity contribution in [3.8, 4) is 0 Å². The molecule has 0 amide bonds. The van der Waals surface area contributed by atoms with E-state index in [1.54, 1.807) is 11.8 Å². The van der Waals surface area contributed by atoms with E-state index in [9.17, 15) is 4.79 Å². The van der Waals surface area contributed by atoms with Crippen LogP contribution in [-0.4, -0.2) is 22.1 Å². The molecule has 0 fully saturated rings. The Labute approximate surface area is 97.8 Å². The summed E-state index contributed by atoms with van der Waals surface area (Å²) in [5, 5.41) is 8.84. The Hall–Kier alpha value is -0.180. The van der Waals surface area contributed by atoms with Crippen LogP contribution in [0, 0.1) is 0 Å². The Morgan fingerprint density at radius 3 is 2.33 bits per heavy atom. The van der Waals surface area contributed by atoms with Gasteiger partial charge in [-0.15, -0.1) is 11.8 Å². The molecule has 0 radical (unpaired) electrons. The summed E-state index contributed by atoms with van der Waals surface area (Å²) in [6.07, 6.45) is 7.79. The van der Waals surface area contributed by atoms with Gasteiger partial charge in [-0.2, -0.15) is 0 Å². The van der Waals surface area contributed by atoms with Gasteiger partial charge in [0.15, 0.2) is 0 Å². The lowest BCUT2D eigenvalue weighted by Gasteiger charge is -2.11. The van der Waals surface area contributed by atoms with Crippen LogP contribution < -0.4 is 0 Å².